The topological polar surface area (TPSA) is 57.5 Å². The van der Waals surface area contributed by atoms with Crippen molar-refractivity contribution in [3.05, 3.63) is 93.7 Å². The fourth-order valence-corrected chi connectivity index (χ4v) is 3.91. The molecule has 4 nitrogen and oxygen atoms in total. The molecule has 2 heterocycles. The number of halogens is 1. The summed E-state index contributed by atoms with van der Waals surface area (Å²) in [5.41, 5.74) is 5.32. The fourth-order valence-electron chi connectivity index (χ4n) is 3.53. The van der Waals surface area contributed by atoms with Gasteiger partial charge < -0.3 is 5.11 Å². The maximum Gasteiger partial charge on any atom is 0.127 e. The number of nitrogens with one attached hydrogen (secondary N) is 1. The number of nitrogens with zero attached hydrogens (tertiary/aromatic N) is 2. The number of rotatable bonds is 4. The quantitative estimate of drug-likeness (QED) is 0.581. The van der Waals surface area contributed by atoms with Gasteiger partial charge >= 0.3 is 0 Å². The third-order valence-electron chi connectivity index (χ3n) is 5.10. The molecule has 0 saturated heterocycles. The Morgan fingerprint density at radius 3 is 2.68 bits per heavy atom. The summed E-state index contributed by atoms with van der Waals surface area (Å²) in [5.74, 6) is 0.285. The molecule has 2 aromatic carbocycles. The summed E-state index contributed by atoms with van der Waals surface area (Å²) in [5, 5.41) is 14.0. The largest absolute Gasteiger partial charge is 0.508 e. The van der Waals surface area contributed by atoms with Crippen LogP contribution in [0.4, 0.5) is 0 Å². The van der Waals surface area contributed by atoms with Crippen LogP contribution in [0.3, 0.4) is 0 Å². The Kier molecular flexibility index (Phi) is 5.55. The van der Waals surface area contributed by atoms with Crippen molar-refractivity contribution in [2.45, 2.75) is 32.0 Å². The molecule has 5 heteroatoms. The third-order valence-corrected chi connectivity index (χ3v) is 5.60. The van der Waals surface area contributed by atoms with Gasteiger partial charge in [0.2, 0.25) is 0 Å². The fraction of sp³-hybridized carbons (Fsp3) is 0.217. The molecule has 0 saturated carbocycles. The highest BCUT2D eigenvalue weighted by molar-refractivity contribution is 9.10. The number of hydrogen-bond donors (Lipinski definition) is 2. The number of hydrogen-bond acceptors (Lipinski definition) is 4. The van der Waals surface area contributed by atoms with Gasteiger partial charge in [-0.15, -0.1) is 0 Å². The molecular formula is C23H22BrN3O. The number of aliphatic imine (C=N–C) groups is 1. The monoisotopic (exact) mass is 435 g/mol. The van der Waals surface area contributed by atoms with Crippen molar-refractivity contribution in [1.82, 2.24) is 10.3 Å². The number of phenols is 1. The number of aromatic hydroxyl groups is 1. The van der Waals surface area contributed by atoms with Crippen molar-refractivity contribution in [3.63, 3.8) is 0 Å². The maximum absolute atomic E-state index is 10.5. The van der Waals surface area contributed by atoms with Crippen molar-refractivity contribution in [2.75, 3.05) is 0 Å². The second-order valence-electron chi connectivity index (χ2n) is 6.94. The predicted molar refractivity (Wildman–Crippen MR) is 116 cm³/mol. The normalized spacial score (nSPS) is 19.3. The first kappa shape index (κ1) is 18.8. The van der Waals surface area contributed by atoms with E-state index in [0.717, 1.165) is 33.3 Å². The zero-order valence-electron chi connectivity index (χ0n) is 15.6. The average Bonchev–Trinajstić information content (AvgIpc) is 2.76. The molecule has 0 aliphatic carbocycles. The van der Waals surface area contributed by atoms with Crippen LogP contribution in [-0.4, -0.2) is 15.8 Å². The highest BCUT2D eigenvalue weighted by Gasteiger charge is 2.27. The van der Waals surface area contributed by atoms with Gasteiger partial charge in [-0.2, -0.15) is 0 Å². The highest BCUT2D eigenvalue weighted by atomic mass is 79.9. The van der Waals surface area contributed by atoms with E-state index in [9.17, 15) is 5.11 Å². The van der Waals surface area contributed by atoms with Gasteiger partial charge in [0.25, 0.3) is 0 Å². The molecule has 2 unspecified atom stereocenters. The lowest BCUT2D eigenvalue weighted by molar-refractivity contribution is 0.412. The second-order valence-corrected chi connectivity index (χ2v) is 7.86. The molecular weight excluding hydrogens is 414 g/mol. The summed E-state index contributed by atoms with van der Waals surface area (Å²) in [7, 11) is 0. The van der Waals surface area contributed by atoms with Gasteiger partial charge in [0.1, 0.15) is 11.9 Å². The standard InChI is InChI=1S/C23H22BrN3O/c1-2-15-5-7-16(8-6-15)20-13-21(19-12-18(24)9-10-22(19)28)27-23(26-20)17-4-3-11-25-14-17/h3-12,14,21,23,27-28H,2,13H2,1H3. The predicted octanol–water partition coefficient (Wildman–Crippen LogP) is 5.33. The minimum Gasteiger partial charge on any atom is -0.508 e. The van der Waals surface area contributed by atoms with Crippen LogP contribution in [0.25, 0.3) is 0 Å². The molecule has 0 amide bonds. The Hall–Kier alpha value is -2.50. The van der Waals surface area contributed by atoms with E-state index >= 15 is 0 Å². The van der Waals surface area contributed by atoms with Crippen molar-refractivity contribution >= 4 is 21.6 Å². The van der Waals surface area contributed by atoms with E-state index in [2.05, 4.69) is 57.4 Å². The van der Waals surface area contributed by atoms with E-state index < -0.39 is 0 Å². The molecule has 28 heavy (non-hydrogen) atoms. The zero-order valence-corrected chi connectivity index (χ0v) is 17.2. The molecule has 1 aromatic heterocycles. The Morgan fingerprint density at radius 2 is 1.96 bits per heavy atom. The molecule has 0 fully saturated rings. The van der Waals surface area contributed by atoms with Gasteiger partial charge in [-0.1, -0.05) is 53.2 Å². The Bertz CT molecular complexity index is 986. The summed E-state index contributed by atoms with van der Waals surface area (Å²) in [6, 6.07) is 18.0. The van der Waals surface area contributed by atoms with E-state index in [0.29, 0.717) is 6.42 Å². The molecule has 0 bridgehead atoms. The lowest BCUT2D eigenvalue weighted by Gasteiger charge is -2.31. The smallest absolute Gasteiger partial charge is 0.127 e. The van der Waals surface area contributed by atoms with Gasteiger partial charge in [0, 0.05) is 46.2 Å². The average molecular weight is 436 g/mol. The van der Waals surface area contributed by atoms with Crippen molar-refractivity contribution in [2.24, 2.45) is 4.99 Å². The van der Waals surface area contributed by atoms with Crippen LogP contribution in [0.5, 0.6) is 5.75 Å². The SMILES string of the molecule is CCc1ccc(C2=NC(c3cccnc3)NC(c3cc(Br)ccc3O)C2)cc1. The van der Waals surface area contributed by atoms with Gasteiger partial charge in [-0.25, -0.2) is 0 Å². The molecule has 0 radical (unpaired) electrons. The number of benzene rings is 2. The third kappa shape index (κ3) is 4.01. The first-order chi connectivity index (χ1) is 13.6. The van der Waals surface area contributed by atoms with E-state index in [1.807, 2.05) is 30.5 Å². The molecule has 0 spiro atoms. The number of aryl methyl sites for hydroxylation is 1. The van der Waals surface area contributed by atoms with Crippen LogP contribution < -0.4 is 5.32 Å². The zero-order chi connectivity index (χ0) is 19.5. The van der Waals surface area contributed by atoms with Gasteiger partial charge in [0.05, 0.1) is 0 Å². The minimum absolute atomic E-state index is 0.0546. The molecule has 3 aromatic rings. The first-order valence-corrected chi connectivity index (χ1v) is 10.2. The summed E-state index contributed by atoms with van der Waals surface area (Å²) < 4.78 is 0.941. The molecule has 1 aliphatic heterocycles. The number of aromatic nitrogens is 1. The van der Waals surface area contributed by atoms with Crippen LogP contribution >= 0.6 is 15.9 Å². The van der Waals surface area contributed by atoms with Crippen LogP contribution in [0.2, 0.25) is 0 Å². The van der Waals surface area contributed by atoms with E-state index in [4.69, 9.17) is 4.99 Å². The first-order valence-electron chi connectivity index (χ1n) is 9.44. The van der Waals surface area contributed by atoms with Crippen molar-refractivity contribution < 1.29 is 5.11 Å². The van der Waals surface area contributed by atoms with Gasteiger partial charge in [-0.05, 0) is 41.8 Å². The van der Waals surface area contributed by atoms with Crippen LogP contribution in [-0.2, 0) is 6.42 Å². The van der Waals surface area contributed by atoms with Gasteiger partial charge in [0.15, 0.2) is 0 Å². The van der Waals surface area contributed by atoms with E-state index in [-0.39, 0.29) is 18.0 Å². The van der Waals surface area contributed by atoms with Crippen LogP contribution in [0, 0.1) is 0 Å². The number of pyridine rings is 1. The Labute approximate surface area is 173 Å². The lowest BCUT2D eigenvalue weighted by atomic mass is 9.93. The van der Waals surface area contributed by atoms with Crippen LogP contribution in [0.1, 0.15) is 47.8 Å². The summed E-state index contributed by atoms with van der Waals surface area (Å²) in [6.45, 7) is 2.15. The molecule has 1 aliphatic rings. The molecule has 2 atom stereocenters. The number of phenolic OH excluding ortho intramolecular Hbond substituents is 1. The van der Waals surface area contributed by atoms with E-state index in [1.165, 1.54) is 5.56 Å². The summed E-state index contributed by atoms with van der Waals surface area (Å²) in [6.07, 6.45) is 5.10. The summed E-state index contributed by atoms with van der Waals surface area (Å²) in [4.78, 5) is 9.22. The van der Waals surface area contributed by atoms with Crippen molar-refractivity contribution in [1.29, 1.82) is 0 Å². The van der Waals surface area contributed by atoms with Crippen molar-refractivity contribution in [3.8, 4) is 5.75 Å². The van der Waals surface area contributed by atoms with Gasteiger partial charge in [-0.3, -0.25) is 15.3 Å². The summed E-state index contributed by atoms with van der Waals surface area (Å²) >= 11 is 3.52. The minimum atomic E-state index is -0.216. The Morgan fingerprint density at radius 1 is 1.14 bits per heavy atom. The van der Waals surface area contributed by atoms with Crippen LogP contribution in [0.15, 0.2) is 76.5 Å². The molecule has 142 valence electrons. The second kappa shape index (κ2) is 8.25. The van der Waals surface area contributed by atoms with E-state index in [1.54, 1.807) is 12.3 Å². The maximum atomic E-state index is 10.5. The lowest BCUT2D eigenvalue weighted by Crippen LogP contribution is -2.33. The molecule has 2 N–H and O–H groups in total. The Balaban J connectivity index is 1.74. The highest BCUT2D eigenvalue weighted by Crippen LogP contribution is 2.35. The molecule has 4 rings (SSSR count).